The molecule has 1 amide bonds. The third-order valence-corrected chi connectivity index (χ3v) is 4.58. The number of carbonyl (C=O) groups excluding carboxylic acids is 1. The van der Waals surface area contributed by atoms with Crippen LogP contribution in [0.1, 0.15) is 14.7 Å². The number of hydrogen-bond donors (Lipinski definition) is 1. The lowest BCUT2D eigenvalue weighted by Gasteiger charge is -2.12. The van der Waals surface area contributed by atoms with Crippen molar-refractivity contribution in [1.82, 2.24) is 14.5 Å². The average molecular weight is 328 g/mol. The van der Waals surface area contributed by atoms with Crippen molar-refractivity contribution in [2.24, 2.45) is 0 Å². The highest BCUT2D eigenvalue weighted by Crippen LogP contribution is 2.22. The molecule has 5 nitrogen and oxygen atoms in total. The van der Waals surface area contributed by atoms with Gasteiger partial charge in [0.1, 0.15) is 4.88 Å². The number of aromatic nitrogens is 2. The molecule has 0 fully saturated rings. The summed E-state index contributed by atoms with van der Waals surface area (Å²) in [6, 6.07) is 8.10. The number of nitrogens with one attached hydrogen (secondary N) is 1. The van der Waals surface area contributed by atoms with E-state index in [0.29, 0.717) is 4.88 Å². The summed E-state index contributed by atoms with van der Waals surface area (Å²) in [6.45, 7) is 3.79. The molecule has 2 heterocycles. The molecule has 1 aromatic carbocycles. The van der Waals surface area contributed by atoms with Crippen LogP contribution in [0, 0.1) is 6.92 Å². The van der Waals surface area contributed by atoms with Gasteiger partial charge in [0.05, 0.1) is 16.7 Å². The fourth-order valence-electron chi connectivity index (χ4n) is 2.42. The van der Waals surface area contributed by atoms with Gasteiger partial charge in [-0.3, -0.25) is 4.79 Å². The molecule has 0 atom stereocenters. The zero-order chi connectivity index (χ0) is 16.4. The molecule has 0 saturated carbocycles. The minimum Gasteiger partial charge on any atom is -0.346 e. The summed E-state index contributed by atoms with van der Waals surface area (Å²) in [5, 5.41) is 5.02. The van der Waals surface area contributed by atoms with Crippen LogP contribution in [0.2, 0.25) is 0 Å². The Morgan fingerprint density at radius 2 is 2.17 bits per heavy atom. The molecule has 6 heteroatoms. The summed E-state index contributed by atoms with van der Waals surface area (Å²) in [7, 11) is 4.13. The van der Waals surface area contributed by atoms with Crippen LogP contribution in [0.15, 0.2) is 36.7 Å². The lowest BCUT2D eigenvalue weighted by atomic mass is 10.2. The predicted molar refractivity (Wildman–Crippen MR) is 95.3 cm³/mol. The first-order valence-electron chi connectivity index (χ1n) is 7.50. The SMILES string of the molecule is Cc1ncc(C(=O)Nc2ccc3ccn(CCN(C)C)c3c2)s1. The molecule has 120 valence electrons. The van der Waals surface area contributed by atoms with E-state index in [1.165, 1.54) is 16.7 Å². The highest BCUT2D eigenvalue weighted by molar-refractivity contribution is 7.13. The standard InChI is InChI=1S/C17H20N4OS/c1-12-18-11-16(23-12)17(22)19-14-5-4-13-6-7-21(15(13)10-14)9-8-20(2)3/h4-7,10-11H,8-9H2,1-3H3,(H,19,22). The molecular weight excluding hydrogens is 308 g/mol. The van der Waals surface area contributed by atoms with Gasteiger partial charge in [-0.1, -0.05) is 6.07 Å². The molecule has 0 unspecified atom stereocenters. The van der Waals surface area contributed by atoms with Crippen molar-refractivity contribution >= 4 is 33.8 Å². The first-order valence-corrected chi connectivity index (χ1v) is 8.32. The Labute approximate surface area is 139 Å². The number of carbonyl (C=O) groups is 1. The molecule has 1 N–H and O–H groups in total. The minimum atomic E-state index is -0.110. The molecular formula is C17H20N4OS. The summed E-state index contributed by atoms with van der Waals surface area (Å²) in [5.41, 5.74) is 1.93. The van der Waals surface area contributed by atoms with Gasteiger partial charge in [0, 0.05) is 25.0 Å². The average Bonchev–Trinajstić information content (AvgIpc) is 3.11. The monoisotopic (exact) mass is 328 g/mol. The predicted octanol–water partition coefficient (Wildman–Crippen LogP) is 3.22. The van der Waals surface area contributed by atoms with Crippen molar-refractivity contribution in [2.75, 3.05) is 26.0 Å². The summed E-state index contributed by atoms with van der Waals surface area (Å²) in [6.07, 6.45) is 3.71. The Kier molecular flexibility index (Phi) is 4.45. The second-order valence-corrected chi connectivity index (χ2v) is 7.02. The number of nitrogens with zero attached hydrogens (tertiary/aromatic N) is 3. The van der Waals surface area contributed by atoms with Gasteiger partial charge in [-0.2, -0.15) is 0 Å². The number of rotatable bonds is 5. The van der Waals surface area contributed by atoms with E-state index in [4.69, 9.17) is 0 Å². The highest BCUT2D eigenvalue weighted by atomic mass is 32.1. The summed E-state index contributed by atoms with van der Waals surface area (Å²) >= 11 is 1.40. The van der Waals surface area contributed by atoms with E-state index in [0.717, 1.165) is 29.3 Å². The largest absolute Gasteiger partial charge is 0.346 e. The van der Waals surface area contributed by atoms with Gasteiger partial charge < -0.3 is 14.8 Å². The van der Waals surface area contributed by atoms with Gasteiger partial charge in [0.2, 0.25) is 0 Å². The number of aryl methyl sites for hydroxylation is 1. The molecule has 0 aliphatic rings. The molecule has 0 radical (unpaired) electrons. The topological polar surface area (TPSA) is 50.2 Å². The van der Waals surface area contributed by atoms with E-state index in [2.05, 4.69) is 46.1 Å². The van der Waals surface area contributed by atoms with Gasteiger partial charge in [-0.05, 0) is 44.6 Å². The number of anilines is 1. The van der Waals surface area contributed by atoms with E-state index < -0.39 is 0 Å². The molecule has 0 bridgehead atoms. The summed E-state index contributed by atoms with van der Waals surface area (Å²) < 4.78 is 2.21. The zero-order valence-corrected chi connectivity index (χ0v) is 14.4. The number of hydrogen-bond acceptors (Lipinski definition) is 4. The van der Waals surface area contributed by atoms with Crippen LogP contribution in [-0.4, -0.2) is 41.0 Å². The first kappa shape index (κ1) is 15.7. The lowest BCUT2D eigenvalue weighted by molar-refractivity contribution is 0.103. The van der Waals surface area contributed by atoms with Crippen LogP contribution >= 0.6 is 11.3 Å². The van der Waals surface area contributed by atoms with E-state index in [-0.39, 0.29) is 5.91 Å². The molecule has 3 rings (SSSR count). The smallest absolute Gasteiger partial charge is 0.267 e. The molecule has 2 aromatic heterocycles. The van der Waals surface area contributed by atoms with E-state index >= 15 is 0 Å². The van der Waals surface area contributed by atoms with Crippen LogP contribution in [0.5, 0.6) is 0 Å². The van der Waals surface area contributed by atoms with Crippen LogP contribution in [-0.2, 0) is 6.54 Å². The first-order chi connectivity index (χ1) is 11.0. The Morgan fingerprint density at radius 1 is 1.35 bits per heavy atom. The van der Waals surface area contributed by atoms with E-state index in [1.54, 1.807) is 6.20 Å². The molecule has 23 heavy (non-hydrogen) atoms. The fourth-order valence-corrected chi connectivity index (χ4v) is 3.10. The van der Waals surface area contributed by atoms with Crippen LogP contribution in [0.4, 0.5) is 5.69 Å². The van der Waals surface area contributed by atoms with Gasteiger partial charge in [-0.15, -0.1) is 11.3 Å². The second-order valence-electron chi connectivity index (χ2n) is 5.78. The number of fused-ring (bicyclic) bond motifs is 1. The Hall–Kier alpha value is -2.18. The molecule has 0 saturated heterocycles. The van der Waals surface area contributed by atoms with E-state index in [9.17, 15) is 4.79 Å². The maximum atomic E-state index is 12.2. The van der Waals surface area contributed by atoms with Crippen molar-refractivity contribution in [3.8, 4) is 0 Å². The van der Waals surface area contributed by atoms with Crippen molar-refractivity contribution in [3.63, 3.8) is 0 Å². The lowest BCUT2D eigenvalue weighted by Crippen LogP contribution is -2.18. The molecule has 0 spiro atoms. The Bertz CT molecular complexity index is 834. The van der Waals surface area contributed by atoms with Crippen LogP contribution < -0.4 is 5.32 Å². The van der Waals surface area contributed by atoms with Gasteiger partial charge in [-0.25, -0.2) is 4.98 Å². The maximum Gasteiger partial charge on any atom is 0.267 e. The maximum absolute atomic E-state index is 12.2. The number of benzene rings is 1. The third kappa shape index (κ3) is 3.60. The third-order valence-electron chi connectivity index (χ3n) is 3.66. The normalized spacial score (nSPS) is 11.3. The summed E-state index contributed by atoms with van der Waals surface area (Å²) in [4.78, 5) is 19.2. The molecule has 0 aliphatic carbocycles. The minimum absolute atomic E-state index is 0.110. The van der Waals surface area contributed by atoms with Crippen molar-refractivity contribution < 1.29 is 4.79 Å². The van der Waals surface area contributed by atoms with Crippen molar-refractivity contribution in [3.05, 3.63) is 46.5 Å². The van der Waals surface area contributed by atoms with Gasteiger partial charge >= 0.3 is 0 Å². The quantitative estimate of drug-likeness (QED) is 0.782. The van der Waals surface area contributed by atoms with E-state index in [1.807, 2.05) is 25.1 Å². The number of amides is 1. The van der Waals surface area contributed by atoms with Crippen LogP contribution in [0.3, 0.4) is 0 Å². The van der Waals surface area contributed by atoms with Gasteiger partial charge in [0.15, 0.2) is 0 Å². The van der Waals surface area contributed by atoms with Crippen molar-refractivity contribution in [1.29, 1.82) is 0 Å². The number of thiazole rings is 1. The highest BCUT2D eigenvalue weighted by Gasteiger charge is 2.10. The molecule has 0 aliphatic heterocycles. The van der Waals surface area contributed by atoms with Crippen LogP contribution in [0.25, 0.3) is 10.9 Å². The Morgan fingerprint density at radius 3 is 2.87 bits per heavy atom. The number of likely N-dealkylation sites (N-methyl/N-ethyl adjacent to an activating group) is 1. The summed E-state index contributed by atoms with van der Waals surface area (Å²) in [5.74, 6) is -0.110. The Balaban J connectivity index is 1.81. The zero-order valence-electron chi connectivity index (χ0n) is 13.5. The second kappa shape index (κ2) is 6.52. The van der Waals surface area contributed by atoms with Gasteiger partial charge in [0.25, 0.3) is 5.91 Å². The molecule has 3 aromatic rings. The fraction of sp³-hybridized carbons (Fsp3) is 0.294. The van der Waals surface area contributed by atoms with Crippen molar-refractivity contribution in [2.45, 2.75) is 13.5 Å².